The maximum Gasteiger partial charge on any atom is 0.224 e. The highest BCUT2D eigenvalue weighted by atomic mass is 35.5. The van der Waals surface area contributed by atoms with Gasteiger partial charge in [0.15, 0.2) is 10.6 Å². The second-order valence-electron chi connectivity index (χ2n) is 6.61. The van der Waals surface area contributed by atoms with E-state index < -0.39 is 0 Å². The van der Waals surface area contributed by atoms with Gasteiger partial charge in [0.05, 0.1) is 0 Å². The fraction of sp³-hybridized carbons (Fsp3) is 0.250. The molecule has 1 aromatic heterocycles. The molecule has 146 valence electrons. The summed E-state index contributed by atoms with van der Waals surface area (Å²) in [6.07, 6.45) is 0.300. The number of halogens is 2. The molecule has 28 heavy (non-hydrogen) atoms. The minimum atomic E-state index is -0.00990. The summed E-state index contributed by atoms with van der Waals surface area (Å²) >= 11 is 17.5. The van der Waals surface area contributed by atoms with Gasteiger partial charge in [0.2, 0.25) is 5.91 Å². The molecular formula is C20H20Cl2N4OS. The van der Waals surface area contributed by atoms with E-state index in [-0.39, 0.29) is 5.91 Å². The van der Waals surface area contributed by atoms with Crippen molar-refractivity contribution in [1.29, 1.82) is 0 Å². The van der Waals surface area contributed by atoms with Crippen molar-refractivity contribution in [1.82, 2.24) is 19.7 Å². The van der Waals surface area contributed by atoms with Crippen molar-refractivity contribution in [3.05, 3.63) is 68.4 Å². The molecule has 0 spiro atoms. The van der Waals surface area contributed by atoms with E-state index in [2.05, 4.69) is 10.2 Å². The van der Waals surface area contributed by atoms with E-state index in [1.165, 1.54) is 0 Å². The first-order chi connectivity index (χ1) is 13.3. The van der Waals surface area contributed by atoms with Crippen LogP contribution in [0.5, 0.6) is 0 Å². The minimum absolute atomic E-state index is 0.00990. The monoisotopic (exact) mass is 434 g/mol. The Hall–Kier alpha value is -2.15. The number of carbonyl (C=O) groups excluding carboxylic acids is 1. The number of H-pyrrole nitrogens is 1. The number of benzene rings is 2. The third-order valence-electron chi connectivity index (χ3n) is 4.43. The number of nitrogens with one attached hydrogen (secondary N) is 1. The normalized spacial score (nSPS) is 10.9. The molecule has 8 heteroatoms. The Morgan fingerprint density at radius 1 is 1.25 bits per heavy atom. The molecular weight excluding hydrogens is 415 g/mol. The fourth-order valence-corrected chi connectivity index (χ4v) is 3.61. The highest BCUT2D eigenvalue weighted by molar-refractivity contribution is 7.71. The van der Waals surface area contributed by atoms with Gasteiger partial charge in [-0.3, -0.25) is 14.5 Å². The molecule has 0 fully saturated rings. The molecule has 3 rings (SSSR count). The Kier molecular flexibility index (Phi) is 6.54. The molecule has 0 aliphatic carbocycles. The van der Waals surface area contributed by atoms with Gasteiger partial charge in [0.25, 0.3) is 0 Å². The third-order valence-corrected chi connectivity index (χ3v) is 5.33. The number of aromatic nitrogens is 3. The van der Waals surface area contributed by atoms with Crippen LogP contribution in [0.4, 0.5) is 0 Å². The molecule has 0 unspecified atom stereocenters. The van der Waals surface area contributed by atoms with Gasteiger partial charge in [-0.2, -0.15) is 5.10 Å². The van der Waals surface area contributed by atoms with Crippen LogP contribution in [0.1, 0.15) is 17.5 Å². The Morgan fingerprint density at radius 2 is 2.04 bits per heavy atom. The van der Waals surface area contributed by atoms with Gasteiger partial charge in [-0.25, -0.2) is 0 Å². The maximum absolute atomic E-state index is 12.6. The van der Waals surface area contributed by atoms with E-state index in [9.17, 15) is 4.79 Å². The van der Waals surface area contributed by atoms with E-state index in [0.29, 0.717) is 34.3 Å². The lowest BCUT2D eigenvalue weighted by Gasteiger charge is -2.18. The van der Waals surface area contributed by atoms with E-state index in [0.717, 1.165) is 22.5 Å². The molecule has 0 saturated carbocycles. The molecule has 5 nitrogen and oxygen atoms in total. The molecule has 1 N–H and O–H groups in total. The second kappa shape index (κ2) is 8.90. The number of aryl methyl sites for hydroxylation is 1. The first-order valence-corrected chi connectivity index (χ1v) is 9.91. The number of aromatic amines is 1. The smallest absolute Gasteiger partial charge is 0.224 e. The van der Waals surface area contributed by atoms with Crippen molar-refractivity contribution >= 4 is 41.3 Å². The van der Waals surface area contributed by atoms with E-state index in [1.807, 2.05) is 41.8 Å². The Labute approximate surface area is 178 Å². The lowest BCUT2D eigenvalue weighted by molar-refractivity contribution is -0.130. The van der Waals surface area contributed by atoms with Crippen LogP contribution in [0.25, 0.3) is 11.4 Å². The summed E-state index contributed by atoms with van der Waals surface area (Å²) in [6, 6.07) is 13.3. The average molecular weight is 435 g/mol. The van der Waals surface area contributed by atoms with Crippen LogP contribution in [0.3, 0.4) is 0 Å². The minimum Gasteiger partial charge on any atom is -0.341 e. The van der Waals surface area contributed by atoms with Crippen LogP contribution in [-0.4, -0.2) is 32.6 Å². The molecule has 0 atom stereocenters. The Bertz CT molecular complexity index is 1060. The molecule has 0 bridgehead atoms. The first kappa shape index (κ1) is 20.6. The van der Waals surface area contributed by atoms with E-state index in [4.69, 9.17) is 35.4 Å². The molecule has 0 aliphatic heterocycles. The number of rotatable bonds is 6. The summed E-state index contributed by atoms with van der Waals surface area (Å²) in [7, 11) is 1.75. The number of hydrogen-bond donors (Lipinski definition) is 1. The van der Waals surface area contributed by atoms with Crippen LogP contribution in [0.2, 0.25) is 10.0 Å². The number of carbonyl (C=O) groups is 1. The van der Waals surface area contributed by atoms with Crippen molar-refractivity contribution in [2.24, 2.45) is 0 Å². The summed E-state index contributed by atoms with van der Waals surface area (Å²) in [5, 5.41) is 8.27. The lowest BCUT2D eigenvalue weighted by atomic mass is 10.1. The average Bonchev–Trinajstić information content (AvgIpc) is 3.02. The molecule has 2 aromatic carbocycles. The lowest BCUT2D eigenvalue weighted by Crippen LogP contribution is -2.27. The van der Waals surface area contributed by atoms with Crippen LogP contribution in [0, 0.1) is 11.7 Å². The summed E-state index contributed by atoms with van der Waals surface area (Å²) in [5.41, 5.74) is 2.94. The number of hydrogen-bond acceptors (Lipinski definition) is 3. The summed E-state index contributed by atoms with van der Waals surface area (Å²) in [5.74, 6) is 0.717. The van der Waals surface area contributed by atoms with E-state index >= 15 is 0 Å². The van der Waals surface area contributed by atoms with Gasteiger partial charge in [-0.05, 0) is 42.9 Å². The number of nitrogens with zero attached hydrogens (tertiary/aromatic N) is 3. The third kappa shape index (κ3) is 4.82. The van der Waals surface area contributed by atoms with Gasteiger partial charge in [0, 0.05) is 42.2 Å². The summed E-state index contributed by atoms with van der Waals surface area (Å²) in [6.45, 7) is 2.88. The van der Waals surface area contributed by atoms with Crippen molar-refractivity contribution < 1.29 is 4.79 Å². The first-order valence-electron chi connectivity index (χ1n) is 8.75. The molecule has 0 aliphatic rings. The zero-order valence-corrected chi connectivity index (χ0v) is 17.9. The van der Waals surface area contributed by atoms with E-state index in [1.54, 1.807) is 24.1 Å². The van der Waals surface area contributed by atoms with Crippen LogP contribution < -0.4 is 0 Å². The van der Waals surface area contributed by atoms with Crippen LogP contribution in [0.15, 0.2) is 42.5 Å². The van der Waals surface area contributed by atoms with Crippen molar-refractivity contribution in [2.75, 3.05) is 7.05 Å². The molecule has 1 amide bonds. The predicted octanol–water partition coefficient (Wildman–Crippen LogP) is 5.27. The highest BCUT2D eigenvalue weighted by Gasteiger charge is 2.14. The quantitative estimate of drug-likeness (QED) is 0.537. The molecule has 0 saturated heterocycles. The summed E-state index contributed by atoms with van der Waals surface area (Å²) < 4.78 is 2.35. The number of amides is 1. The maximum atomic E-state index is 12.6. The van der Waals surface area contributed by atoms with Gasteiger partial charge in [-0.15, -0.1) is 0 Å². The molecule has 3 aromatic rings. The fourth-order valence-electron chi connectivity index (χ4n) is 2.92. The predicted molar refractivity (Wildman–Crippen MR) is 115 cm³/mol. The van der Waals surface area contributed by atoms with Crippen molar-refractivity contribution in [2.45, 2.75) is 26.4 Å². The van der Waals surface area contributed by atoms with Crippen LogP contribution >= 0.6 is 35.4 Å². The zero-order valence-electron chi connectivity index (χ0n) is 15.6. The largest absolute Gasteiger partial charge is 0.341 e. The topological polar surface area (TPSA) is 53.9 Å². The Balaban J connectivity index is 1.69. The van der Waals surface area contributed by atoms with Gasteiger partial charge >= 0.3 is 0 Å². The SMILES string of the molecule is Cc1cccc(-c2n[nH]c(=S)n2CCC(=O)N(C)Cc2ccc(Cl)cc2Cl)c1. The second-order valence-corrected chi connectivity index (χ2v) is 7.84. The molecule has 1 heterocycles. The van der Waals surface area contributed by atoms with Gasteiger partial charge < -0.3 is 4.90 Å². The zero-order chi connectivity index (χ0) is 20.3. The summed E-state index contributed by atoms with van der Waals surface area (Å²) in [4.78, 5) is 14.3. The van der Waals surface area contributed by atoms with Crippen molar-refractivity contribution in [3.63, 3.8) is 0 Å². The molecule has 0 radical (unpaired) electrons. The van der Waals surface area contributed by atoms with Gasteiger partial charge in [-0.1, -0.05) is 53.0 Å². The van der Waals surface area contributed by atoms with Gasteiger partial charge in [0.1, 0.15) is 0 Å². The highest BCUT2D eigenvalue weighted by Crippen LogP contribution is 2.22. The Morgan fingerprint density at radius 3 is 2.75 bits per heavy atom. The standard InChI is InChI=1S/C20H20Cl2N4OS/c1-13-4-3-5-14(10-13)19-23-24-20(28)26(19)9-8-18(27)25(2)12-15-6-7-16(21)11-17(15)22/h3-7,10-11H,8-9,12H2,1-2H3,(H,24,28). The van der Waals surface area contributed by atoms with Crippen molar-refractivity contribution in [3.8, 4) is 11.4 Å². The van der Waals surface area contributed by atoms with Crippen LogP contribution in [-0.2, 0) is 17.9 Å².